The largest absolute Gasteiger partial charge is 0.306 e. The zero-order valence-corrected chi connectivity index (χ0v) is 13.8. The fraction of sp³-hybridized carbons (Fsp3) is 0.500. The number of nitrogens with one attached hydrogen (secondary N) is 1. The van der Waals surface area contributed by atoms with Crippen LogP contribution in [0.15, 0.2) is 27.6 Å². The molecule has 1 unspecified atom stereocenters. The first kappa shape index (κ1) is 14.8. The fourth-order valence-electron chi connectivity index (χ4n) is 2.07. The van der Waals surface area contributed by atoms with Crippen LogP contribution in [0.5, 0.6) is 0 Å². The highest BCUT2D eigenvalue weighted by atomic mass is 79.9. The van der Waals surface area contributed by atoms with E-state index in [1.807, 2.05) is 10.9 Å². The number of nitrogens with zero attached hydrogens (tertiary/aromatic N) is 2. The molecule has 2 aromatic rings. The number of rotatable bonds is 7. The molecular weight excluding hydrogens is 322 g/mol. The van der Waals surface area contributed by atoms with Gasteiger partial charge in [-0.05, 0) is 52.3 Å². The molecule has 5 heteroatoms. The molecule has 2 aromatic heterocycles. The van der Waals surface area contributed by atoms with Crippen LogP contribution in [0.4, 0.5) is 0 Å². The van der Waals surface area contributed by atoms with Crippen LogP contribution < -0.4 is 5.32 Å². The third-order valence-corrected chi connectivity index (χ3v) is 4.48. The van der Waals surface area contributed by atoms with Crippen LogP contribution in [0.25, 0.3) is 0 Å². The van der Waals surface area contributed by atoms with Gasteiger partial charge in [0.2, 0.25) is 0 Å². The second-order valence-corrected chi connectivity index (χ2v) is 6.90. The Kier molecular flexibility index (Phi) is 5.60. The maximum Gasteiger partial charge on any atom is 0.0701 e. The molecule has 1 N–H and O–H groups in total. The summed E-state index contributed by atoms with van der Waals surface area (Å²) in [5, 5.41) is 10.2. The molecule has 104 valence electrons. The first-order chi connectivity index (χ1) is 9.24. The van der Waals surface area contributed by atoms with Crippen LogP contribution in [-0.4, -0.2) is 16.3 Å². The highest BCUT2D eigenvalue weighted by molar-refractivity contribution is 9.11. The van der Waals surface area contributed by atoms with E-state index in [4.69, 9.17) is 0 Å². The standard InChI is InChI=1S/C14H20BrN3S/c1-3-5-16-14(11-7-13(15)19-10-11)12-8-17-18(9-12)6-4-2/h7-10,14,16H,3-6H2,1-2H3. The van der Waals surface area contributed by atoms with E-state index in [0.717, 1.165) is 25.9 Å². The molecule has 0 spiro atoms. The Morgan fingerprint density at radius 3 is 2.84 bits per heavy atom. The van der Waals surface area contributed by atoms with E-state index < -0.39 is 0 Å². The number of hydrogen-bond acceptors (Lipinski definition) is 3. The molecule has 2 rings (SSSR count). The Balaban J connectivity index is 2.20. The van der Waals surface area contributed by atoms with Gasteiger partial charge in [0.25, 0.3) is 0 Å². The fourth-order valence-corrected chi connectivity index (χ4v) is 3.27. The van der Waals surface area contributed by atoms with Gasteiger partial charge in [-0.25, -0.2) is 0 Å². The molecule has 0 aliphatic heterocycles. The molecule has 0 saturated heterocycles. The lowest BCUT2D eigenvalue weighted by molar-refractivity contribution is 0.589. The lowest BCUT2D eigenvalue weighted by Gasteiger charge is -2.15. The van der Waals surface area contributed by atoms with Crippen molar-refractivity contribution in [1.82, 2.24) is 15.1 Å². The predicted molar refractivity (Wildman–Crippen MR) is 84.7 cm³/mol. The Bertz CT molecular complexity index is 506. The third-order valence-electron chi connectivity index (χ3n) is 2.96. The summed E-state index contributed by atoms with van der Waals surface area (Å²) in [6.45, 7) is 6.35. The van der Waals surface area contributed by atoms with Crippen molar-refractivity contribution >= 4 is 27.3 Å². The molecule has 2 heterocycles. The Hall–Kier alpha value is -0.650. The van der Waals surface area contributed by atoms with Gasteiger partial charge in [-0.3, -0.25) is 4.68 Å². The second kappa shape index (κ2) is 7.22. The van der Waals surface area contributed by atoms with Gasteiger partial charge in [0, 0.05) is 18.3 Å². The van der Waals surface area contributed by atoms with Crippen LogP contribution in [0.2, 0.25) is 0 Å². The van der Waals surface area contributed by atoms with E-state index in [2.05, 4.69) is 57.8 Å². The summed E-state index contributed by atoms with van der Waals surface area (Å²) < 4.78 is 3.20. The van der Waals surface area contributed by atoms with E-state index >= 15 is 0 Å². The van der Waals surface area contributed by atoms with Crippen molar-refractivity contribution in [3.8, 4) is 0 Å². The van der Waals surface area contributed by atoms with Crippen molar-refractivity contribution in [2.75, 3.05) is 6.54 Å². The SMILES string of the molecule is CCCNC(c1csc(Br)c1)c1cnn(CCC)c1. The maximum absolute atomic E-state index is 4.44. The quantitative estimate of drug-likeness (QED) is 0.817. The smallest absolute Gasteiger partial charge is 0.0701 e. The highest BCUT2D eigenvalue weighted by Crippen LogP contribution is 2.29. The van der Waals surface area contributed by atoms with Crippen molar-refractivity contribution in [3.63, 3.8) is 0 Å². The van der Waals surface area contributed by atoms with Gasteiger partial charge in [-0.2, -0.15) is 5.10 Å². The van der Waals surface area contributed by atoms with Crippen molar-refractivity contribution < 1.29 is 0 Å². The molecule has 1 atom stereocenters. The summed E-state index contributed by atoms with van der Waals surface area (Å²) in [6.07, 6.45) is 6.38. The molecule has 0 saturated carbocycles. The van der Waals surface area contributed by atoms with Crippen molar-refractivity contribution in [2.24, 2.45) is 0 Å². The van der Waals surface area contributed by atoms with Gasteiger partial charge >= 0.3 is 0 Å². The van der Waals surface area contributed by atoms with Crippen LogP contribution >= 0.6 is 27.3 Å². The van der Waals surface area contributed by atoms with E-state index in [-0.39, 0.29) is 6.04 Å². The number of halogens is 1. The van der Waals surface area contributed by atoms with Gasteiger partial charge in [-0.1, -0.05) is 13.8 Å². The van der Waals surface area contributed by atoms with Gasteiger partial charge in [0.05, 0.1) is 16.0 Å². The van der Waals surface area contributed by atoms with Gasteiger partial charge in [-0.15, -0.1) is 11.3 Å². The Morgan fingerprint density at radius 2 is 2.21 bits per heavy atom. The summed E-state index contributed by atoms with van der Waals surface area (Å²) in [7, 11) is 0. The lowest BCUT2D eigenvalue weighted by Crippen LogP contribution is -2.22. The monoisotopic (exact) mass is 341 g/mol. The van der Waals surface area contributed by atoms with Crippen LogP contribution in [0.3, 0.4) is 0 Å². The van der Waals surface area contributed by atoms with E-state index in [1.54, 1.807) is 11.3 Å². The molecule has 0 radical (unpaired) electrons. The number of thiophene rings is 1. The predicted octanol–water partition coefficient (Wildman–Crippen LogP) is 4.21. The molecule has 3 nitrogen and oxygen atoms in total. The van der Waals surface area contributed by atoms with Crippen molar-refractivity contribution in [1.29, 1.82) is 0 Å². The number of hydrogen-bond donors (Lipinski definition) is 1. The first-order valence-electron chi connectivity index (χ1n) is 6.74. The van der Waals surface area contributed by atoms with Crippen molar-refractivity contribution in [3.05, 3.63) is 38.8 Å². The first-order valence-corrected chi connectivity index (χ1v) is 8.41. The summed E-state index contributed by atoms with van der Waals surface area (Å²) in [4.78, 5) is 0. The minimum Gasteiger partial charge on any atom is -0.306 e. The summed E-state index contributed by atoms with van der Waals surface area (Å²) in [5.74, 6) is 0. The zero-order chi connectivity index (χ0) is 13.7. The molecule has 0 aliphatic rings. The molecule has 19 heavy (non-hydrogen) atoms. The highest BCUT2D eigenvalue weighted by Gasteiger charge is 2.16. The van der Waals surface area contributed by atoms with Gasteiger partial charge < -0.3 is 5.32 Å². The van der Waals surface area contributed by atoms with E-state index in [9.17, 15) is 0 Å². The van der Waals surface area contributed by atoms with E-state index in [0.29, 0.717) is 0 Å². The molecule has 0 aromatic carbocycles. The minimum absolute atomic E-state index is 0.244. The number of aryl methyl sites for hydroxylation is 1. The Morgan fingerprint density at radius 1 is 1.37 bits per heavy atom. The number of aromatic nitrogens is 2. The molecule has 0 fully saturated rings. The topological polar surface area (TPSA) is 29.9 Å². The average molecular weight is 342 g/mol. The molecular formula is C14H20BrN3S. The maximum atomic E-state index is 4.44. The molecule has 0 bridgehead atoms. The van der Waals surface area contributed by atoms with Gasteiger partial charge in [0.1, 0.15) is 0 Å². The Labute approximate surface area is 127 Å². The van der Waals surface area contributed by atoms with Crippen molar-refractivity contribution in [2.45, 2.75) is 39.3 Å². The summed E-state index contributed by atoms with van der Waals surface area (Å²) in [6, 6.07) is 2.43. The van der Waals surface area contributed by atoms with Crippen LogP contribution in [0, 0.1) is 0 Å². The second-order valence-electron chi connectivity index (χ2n) is 4.61. The average Bonchev–Trinajstić information content (AvgIpc) is 3.01. The normalized spacial score (nSPS) is 12.8. The zero-order valence-electron chi connectivity index (χ0n) is 11.4. The summed E-state index contributed by atoms with van der Waals surface area (Å²) >= 11 is 5.27. The minimum atomic E-state index is 0.244. The summed E-state index contributed by atoms with van der Waals surface area (Å²) in [5.41, 5.74) is 2.55. The molecule has 0 aliphatic carbocycles. The van der Waals surface area contributed by atoms with E-state index in [1.165, 1.54) is 14.9 Å². The lowest BCUT2D eigenvalue weighted by atomic mass is 10.1. The third kappa shape index (κ3) is 3.91. The molecule has 0 amide bonds. The van der Waals surface area contributed by atoms with Crippen LogP contribution in [0.1, 0.15) is 43.9 Å². The van der Waals surface area contributed by atoms with Crippen LogP contribution in [-0.2, 0) is 6.54 Å². The van der Waals surface area contributed by atoms with Gasteiger partial charge in [0.15, 0.2) is 0 Å².